The number of ether oxygens (including phenoxy) is 1. The Labute approximate surface area is 183 Å². The number of nitrogens with zero attached hydrogens (tertiary/aromatic N) is 1. The summed E-state index contributed by atoms with van der Waals surface area (Å²) in [7, 11) is 1.60. The number of aromatic amines is 1. The van der Waals surface area contributed by atoms with Crippen molar-refractivity contribution in [1.82, 2.24) is 9.88 Å². The molecule has 0 aliphatic carbocycles. The summed E-state index contributed by atoms with van der Waals surface area (Å²) in [4.78, 5) is 18.4. The number of halogens is 2. The number of anilines is 1. The molecule has 0 saturated carbocycles. The van der Waals surface area contributed by atoms with Gasteiger partial charge in [0.15, 0.2) is 0 Å². The van der Waals surface area contributed by atoms with Crippen molar-refractivity contribution in [2.45, 2.75) is 12.5 Å². The van der Waals surface area contributed by atoms with Crippen LogP contribution in [0.2, 0.25) is 0 Å². The van der Waals surface area contributed by atoms with Crippen LogP contribution in [0.25, 0.3) is 10.9 Å². The molecule has 2 amide bonds. The molecular formula is C25H21F2N3O2. The maximum atomic E-state index is 14.2. The molecule has 3 aromatic carbocycles. The van der Waals surface area contributed by atoms with Gasteiger partial charge in [-0.25, -0.2) is 13.6 Å². The zero-order valence-corrected chi connectivity index (χ0v) is 17.4. The number of rotatable bonds is 3. The Bertz CT molecular complexity index is 1300. The minimum atomic E-state index is -0.691. The Hall–Kier alpha value is -3.87. The summed E-state index contributed by atoms with van der Waals surface area (Å²) in [5.41, 5.74) is 3.76. The fraction of sp³-hybridized carbons (Fsp3) is 0.160. The van der Waals surface area contributed by atoms with E-state index in [2.05, 4.69) is 16.4 Å². The summed E-state index contributed by atoms with van der Waals surface area (Å²) in [6, 6.07) is 17.6. The third kappa shape index (κ3) is 3.45. The van der Waals surface area contributed by atoms with Crippen molar-refractivity contribution in [2.75, 3.05) is 19.0 Å². The van der Waals surface area contributed by atoms with Crippen LogP contribution < -0.4 is 10.1 Å². The minimum Gasteiger partial charge on any atom is -0.497 e. The van der Waals surface area contributed by atoms with E-state index in [1.165, 1.54) is 0 Å². The molecule has 2 N–H and O–H groups in total. The van der Waals surface area contributed by atoms with Crippen molar-refractivity contribution >= 4 is 22.6 Å². The molecule has 0 radical (unpaired) electrons. The highest BCUT2D eigenvalue weighted by molar-refractivity contribution is 5.91. The maximum absolute atomic E-state index is 14.2. The Morgan fingerprint density at radius 3 is 2.66 bits per heavy atom. The van der Waals surface area contributed by atoms with Gasteiger partial charge in [0.2, 0.25) is 0 Å². The number of carbonyl (C=O) groups is 1. The summed E-state index contributed by atoms with van der Waals surface area (Å²) in [6.07, 6.45) is 0.644. The third-order valence-corrected chi connectivity index (χ3v) is 5.90. The number of fused-ring (bicyclic) bond motifs is 3. The molecule has 7 heteroatoms. The largest absolute Gasteiger partial charge is 0.497 e. The molecule has 0 spiro atoms. The first-order chi connectivity index (χ1) is 15.5. The van der Waals surface area contributed by atoms with E-state index >= 15 is 0 Å². The van der Waals surface area contributed by atoms with Gasteiger partial charge in [0, 0.05) is 29.2 Å². The van der Waals surface area contributed by atoms with Crippen molar-refractivity contribution in [1.29, 1.82) is 0 Å². The highest BCUT2D eigenvalue weighted by Gasteiger charge is 2.34. The second kappa shape index (κ2) is 8.00. The normalized spacial score (nSPS) is 15.5. The predicted molar refractivity (Wildman–Crippen MR) is 119 cm³/mol. The number of methoxy groups -OCH3 is 1. The van der Waals surface area contributed by atoms with Crippen LogP contribution in [0.4, 0.5) is 19.3 Å². The number of aromatic nitrogens is 1. The summed E-state index contributed by atoms with van der Waals surface area (Å²) in [5, 5.41) is 3.66. The molecule has 1 unspecified atom stereocenters. The molecular weight excluding hydrogens is 412 g/mol. The number of hydrogen-bond acceptors (Lipinski definition) is 2. The van der Waals surface area contributed by atoms with Gasteiger partial charge in [0.25, 0.3) is 0 Å². The first-order valence-electron chi connectivity index (χ1n) is 10.3. The number of H-pyrrole nitrogens is 1. The van der Waals surface area contributed by atoms with Gasteiger partial charge >= 0.3 is 6.03 Å². The maximum Gasteiger partial charge on any atom is 0.322 e. The van der Waals surface area contributed by atoms with E-state index in [9.17, 15) is 13.6 Å². The van der Waals surface area contributed by atoms with E-state index in [0.29, 0.717) is 18.7 Å². The fourth-order valence-corrected chi connectivity index (χ4v) is 4.37. The summed E-state index contributed by atoms with van der Waals surface area (Å²) in [5.74, 6) is -0.603. The van der Waals surface area contributed by atoms with Gasteiger partial charge in [-0.3, -0.25) is 0 Å². The van der Waals surface area contributed by atoms with Crippen LogP contribution in [-0.4, -0.2) is 29.6 Å². The zero-order valence-electron chi connectivity index (χ0n) is 17.4. The monoisotopic (exact) mass is 433 g/mol. The quantitative estimate of drug-likeness (QED) is 0.440. The average molecular weight is 433 g/mol. The van der Waals surface area contributed by atoms with Crippen LogP contribution >= 0.6 is 0 Å². The summed E-state index contributed by atoms with van der Waals surface area (Å²) < 4.78 is 33.1. The summed E-state index contributed by atoms with van der Waals surface area (Å²) in [6.45, 7) is 0.425. The molecule has 32 heavy (non-hydrogen) atoms. The molecule has 4 aromatic rings. The SMILES string of the molecule is COc1ccc(C2c3[nH]c4ccccc4c3CCN2C(=O)Nc2cc(F)ccc2F)cc1. The first kappa shape index (κ1) is 20.1. The van der Waals surface area contributed by atoms with Gasteiger partial charge in [-0.2, -0.15) is 0 Å². The van der Waals surface area contributed by atoms with E-state index in [4.69, 9.17) is 4.74 Å². The number of urea groups is 1. The topological polar surface area (TPSA) is 57.4 Å². The highest BCUT2D eigenvalue weighted by atomic mass is 19.1. The van der Waals surface area contributed by atoms with E-state index in [-0.39, 0.29) is 5.69 Å². The van der Waals surface area contributed by atoms with E-state index in [1.54, 1.807) is 12.0 Å². The smallest absolute Gasteiger partial charge is 0.322 e. The lowest BCUT2D eigenvalue weighted by molar-refractivity contribution is 0.193. The van der Waals surface area contributed by atoms with Crippen LogP contribution in [0, 0.1) is 11.6 Å². The third-order valence-electron chi connectivity index (χ3n) is 5.90. The van der Waals surface area contributed by atoms with Crippen molar-refractivity contribution in [2.24, 2.45) is 0 Å². The summed E-state index contributed by atoms with van der Waals surface area (Å²) >= 11 is 0. The molecule has 1 aliphatic heterocycles. The van der Waals surface area contributed by atoms with Crippen molar-refractivity contribution < 1.29 is 18.3 Å². The van der Waals surface area contributed by atoms with E-state index in [1.807, 2.05) is 42.5 Å². The lowest BCUT2D eigenvalue weighted by Crippen LogP contribution is -2.43. The Morgan fingerprint density at radius 1 is 1.09 bits per heavy atom. The number of hydrogen-bond donors (Lipinski definition) is 2. The Morgan fingerprint density at radius 2 is 1.88 bits per heavy atom. The number of nitrogens with one attached hydrogen (secondary N) is 2. The van der Waals surface area contributed by atoms with Gasteiger partial charge in [0.05, 0.1) is 18.8 Å². The molecule has 5 rings (SSSR count). The van der Waals surface area contributed by atoms with Crippen LogP contribution in [0.3, 0.4) is 0 Å². The molecule has 2 heterocycles. The fourth-order valence-electron chi connectivity index (χ4n) is 4.37. The first-order valence-corrected chi connectivity index (χ1v) is 10.3. The van der Waals surface area contributed by atoms with E-state index in [0.717, 1.165) is 45.9 Å². The predicted octanol–water partition coefficient (Wildman–Crippen LogP) is 5.63. The second-order valence-corrected chi connectivity index (χ2v) is 7.74. The van der Waals surface area contributed by atoms with Gasteiger partial charge in [-0.05, 0) is 47.9 Å². The lowest BCUT2D eigenvalue weighted by Gasteiger charge is -2.36. The number of benzene rings is 3. The van der Waals surface area contributed by atoms with E-state index < -0.39 is 23.7 Å². The molecule has 1 aliphatic rings. The molecule has 0 bridgehead atoms. The number of para-hydroxylation sites is 1. The average Bonchev–Trinajstić information content (AvgIpc) is 3.19. The lowest BCUT2D eigenvalue weighted by atomic mass is 9.92. The molecule has 162 valence electrons. The Balaban J connectivity index is 1.57. The zero-order chi connectivity index (χ0) is 22.2. The number of carbonyl (C=O) groups excluding carboxylic acids is 1. The molecule has 1 aromatic heterocycles. The van der Waals surface area contributed by atoms with Crippen molar-refractivity contribution in [3.05, 3.63) is 95.2 Å². The Kier molecular flexibility index (Phi) is 5.01. The molecule has 0 saturated heterocycles. The van der Waals surface area contributed by atoms with Crippen molar-refractivity contribution in [3.8, 4) is 5.75 Å². The van der Waals surface area contributed by atoms with Crippen LogP contribution in [-0.2, 0) is 6.42 Å². The molecule has 5 nitrogen and oxygen atoms in total. The minimum absolute atomic E-state index is 0.189. The van der Waals surface area contributed by atoms with Gasteiger partial charge in [-0.1, -0.05) is 30.3 Å². The second-order valence-electron chi connectivity index (χ2n) is 7.74. The van der Waals surface area contributed by atoms with Gasteiger partial charge in [-0.15, -0.1) is 0 Å². The van der Waals surface area contributed by atoms with Gasteiger partial charge in [0.1, 0.15) is 17.4 Å². The standard InChI is InChI=1S/C25H21F2N3O2/c1-32-17-9-6-15(7-10-17)24-23-19(18-4-2-3-5-21(18)28-23)12-13-30(24)25(31)29-22-14-16(26)8-11-20(22)27/h2-11,14,24,28H,12-13H2,1H3,(H,29,31). The molecule has 1 atom stereocenters. The van der Waals surface area contributed by atoms with Crippen LogP contribution in [0.5, 0.6) is 5.75 Å². The van der Waals surface area contributed by atoms with Gasteiger partial charge < -0.3 is 19.9 Å². The number of amides is 2. The van der Waals surface area contributed by atoms with Crippen LogP contribution in [0.15, 0.2) is 66.7 Å². The van der Waals surface area contributed by atoms with Crippen molar-refractivity contribution in [3.63, 3.8) is 0 Å². The highest BCUT2D eigenvalue weighted by Crippen LogP contribution is 2.39. The van der Waals surface area contributed by atoms with Crippen LogP contribution in [0.1, 0.15) is 22.9 Å². The molecule has 0 fully saturated rings.